The molecule has 35 heavy (non-hydrogen) atoms. The average Bonchev–Trinajstić information content (AvgIpc) is 3.09. The fraction of sp³-hybridized carbons (Fsp3) is 0.462. The van der Waals surface area contributed by atoms with Crippen molar-refractivity contribution in [2.75, 3.05) is 6.54 Å². The van der Waals surface area contributed by atoms with Crippen LogP contribution in [0.2, 0.25) is 0 Å². The van der Waals surface area contributed by atoms with E-state index in [1.54, 1.807) is 6.92 Å². The molecule has 0 radical (unpaired) electrons. The average molecular weight is 483 g/mol. The van der Waals surface area contributed by atoms with E-state index in [-0.39, 0.29) is 63.7 Å². The molecule has 1 saturated carbocycles. The monoisotopic (exact) mass is 482 g/mol. The summed E-state index contributed by atoms with van der Waals surface area (Å²) in [6.45, 7) is 5.61. The number of fused-ring (bicyclic) bond motifs is 3. The van der Waals surface area contributed by atoms with Crippen LogP contribution in [-0.4, -0.2) is 46.1 Å². The van der Waals surface area contributed by atoms with Crippen LogP contribution in [0.5, 0.6) is 17.2 Å². The quantitative estimate of drug-likeness (QED) is 0.285. The molecule has 4 rings (SSSR count). The molecule has 4 N–H and O–H groups in total. The smallest absolute Gasteiger partial charge is 0.239 e. The highest BCUT2D eigenvalue weighted by Gasteiger charge is 2.56. The fourth-order valence-electron chi connectivity index (χ4n) is 5.19. The second-order valence-electron chi connectivity index (χ2n) is 9.64. The summed E-state index contributed by atoms with van der Waals surface area (Å²) in [5.41, 5.74) is -1.62. The number of phenols is 2. The number of aromatic hydroxyl groups is 2. The third-order valence-corrected chi connectivity index (χ3v) is 7.24. The number of nitrogens with one attached hydrogen (secondary N) is 2. The summed E-state index contributed by atoms with van der Waals surface area (Å²) in [4.78, 5) is 51.3. The number of rotatable bonds is 5. The number of ketones is 3. The maximum absolute atomic E-state index is 13.7. The van der Waals surface area contributed by atoms with Gasteiger partial charge < -0.3 is 25.6 Å². The summed E-state index contributed by atoms with van der Waals surface area (Å²) in [5, 5.41) is 27.2. The van der Waals surface area contributed by atoms with Crippen molar-refractivity contribution in [2.24, 2.45) is 0 Å². The maximum Gasteiger partial charge on any atom is 0.239 e. The molecule has 0 bridgehead atoms. The number of ether oxygens (including phenoxy) is 1. The van der Waals surface area contributed by atoms with Gasteiger partial charge in [-0.1, -0.05) is 19.3 Å². The molecule has 1 fully saturated rings. The highest BCUT2D eigenvalue weighted by Crippen LogP contribution is 2.57. The molecule has 0 spiro atoms. The lowest BCUT2D eigenvalue weighted by Gasteiger charge is -2.29. The second kappa shape index (κ2) is 8.87. The molecule has 186 valence electrons. The molecule has 1 aromatic carbocycles. The molecule has 0 aromatic heterocycles. The standard InChI is InChI=1S/C26H30N2O7/c1-12-22(32)20(14(3)29)24-21(23(12)33)26(4)17(35-24)10-16(30)19(25(26)34)13(2)27-11-18(31)28-15-8-6-5-7-9-15/h10,15,27,32-33H,5-9,11H2,1-4H3,(H,28,31)/b19-13+/t26-/m1/s1. The number of carbonyl (C=O) groups is 4. The number of carbonyl (C=O) groups excluding carboxylic acids is 4. The lowest BCUT2D eigenvalue weighted by molar-refractivity contribution is -0.124. The van der Waals surface area contributed by atoms with Crippen LogP contribution in [0.25, 0.3) is 0 Å². The van der Waals surface area contributed by atoms with Gasteiger partial charge in [-0.15, -0.1) is 0 Å². The molecule has 1 amide bonds. The third kappa shape index (κ3) is 3.88. The van der Waals surface area contributed by atoms with Crippen molar-refractivity contribution in [1.82, 2.24) is 10.6 Å². The lowest BCUT2D eigenvalue weighted by Crippen LogP contribution is -2.43. The predicted molar refractivity (Wildman–Crippen MR) is 126 cm³/mol. The molecule has 0 unspecified atom stereocenters. The summed E-state index contributed by atoms with van der Waals surface area (Å²) in [6, 6.07) is 0.138. The highest BCUT2D eigenvalue weighted by atomic mass is 16.5. The Hall–Kier alpha value is -3.62. The summed E-state index contributed by atoms with van der Waals surface area (Å²) in [5.74, 6) is -2.96. The Balaban J connectivity index is 1.67. The number of Topliss-reactive ketones (excluding diaryl/α,β-unsaturated/α-hetero) is 2. The molecule has 1 heterocycles. The molecule has 1 aliphatic heterocycles. The van der Waals surface area contributed by atoms with E-state index in [4.69, 9.17) is 4.74 Å². The first-order valence-electron chi connectivity index (χ1n) is 11.8. The van der Waals surface area contributed by atoms with E-state index in [1.165, 1.54) is 27.2 Å². The minimum atomic E-state index is -1.58. The number of benzene rings is 1. The molecule has 3 aliphatic rings. The molecule has 9 heteroatoms. The van der Waals surface area contributed by atoms with Crippen LogP contribution in [0.1, 0.15) is 74.4 Å². The van der Waals surface area contributed by atoms with Gasteiger partial charge in [-0.2, -0.15) is 0 Å². The van der Waals surface area contributed by atoms with Gasteiger partial charge in [0, 0.05) is 23.4 Å². The zero-order valence-corrected chi connectivity index (χ0v) is 20.3. The molecule has 1 aromatic rings. The van der Waals surface area contributed by atoms with E-state index < -0.39 is 28.5 Å². The number of phenolic OH excluding ortho intramolecular Hbond substituents is 2. The third-order valence-electron chi connectivity index (χ3n) is 7.24. The van der Waals surface area contributed by atoms with Gasteiger partial charge >= 0.3 is 0 Å². The van der Waals surface area contributed by atoms with Gasteiger partial charge in [0.1, 0.15) is 34.0 Å². The summed E-state index contributed by atoms with van der Waals surface area (Å²) in [7, 11) is 0. The number of amides is 1. The molecule has 0 saturated heterocycles. The molecular weight excluding hydrogens is 452 g/mol. The first-order chi connectivity index (χ1) is 16.5. The Bertz CT molecular complexity index is 1220. The van der Waals surface area contributed by atoms with Crippen molar-refractivity contribution < 1.29 is 34.1 Å². The van der Waals surface area contributed by atoms with Crippen molar-refractivity contribution in [3.8, 4) is 17.2 Å². The van der Waals surface area contributed by atoms with Crippen LogP contribution in [0.15, 0.2) is 23.1 Å². The first kappa shape index (κ1) is 24.5. The van der Waals surface area contributed by atoms with Gasteiger partial charge in [-0.3, -0.25) is 19.2 Å². The minimum absolute atomic E-state index is 0.0297. The highest BCUT2D eigenvalue weighted by molar-refractivity contribution is 6.31. The molecular formula is C26H30N2O7. The molecule has 9 nitrogen and oxygen atoms in total. The van der Waals surface area contributed by atoms with Gasteiger partial charge in [-0.25, -0.2) is 0 Å². The van der Waals surface area contributed by atoms with E-state index in [9.17, 15) is 29.4 Å². The summed E-state index contributed by atoms with van der Waals surface area (Å²) >= 11 is 0. The van der Waals surface area contributed by atoms with Crippen LogP contribution in [0.4, 0.5) is 0 Å². The Morgan fingerprint density at radius 2 is 1.77 bits per heavy atom. The van der Waals surface area contributed by atoms with Crippen molar-refractivity contribution in [3.63, 3.8) is 0 Å². The topological polar surface area (TPSA) is 142 Å². The summed E-state index contributed by atoms with van der Waals surface area (Å²) < 4.78 is 5.75. The van der Waals surface area contributed by atoms with E-state index in [0.717, 1.165) is 31.8 Å². The minimum Gasteiger partial charge on any atom is -0.507 e. The van der Waals surface area contributed by atoms with Gasteiger partial charge in [0.2, 0.25) is 5.91 Å². The van der Waals surface area contributed by atoms with E-state index in [2.05, 4.69) is 10.6 Å². The van der Waals surface area contributed by atoms with Crippen LogP contribution in [0.3, 0.4) is 0 Å². The van der Waals surface area contributed by atoms with E-state index in [0.29, 0.717) is 0 Å². The Kier molecular flexibility index (Phi) is 6.21. The van der Waals surface area contributed by atoms with Crippen LogP contribution in [0, 0.1) is 6.92 Å². The fourth-order valence-corrected chi connectivity index (χ4v) is 5.19. The lowest BCUT2D eigenvalue weighted by atomic mass is 9.70. The maximum atomic E-state index is 13.7. The molecule has 1 atom stereocenters. The van der Waals surface area contributed by atoms with Gasteiger partial charge in [-0.05, 0) is 40.5 Å². The SMILES string of the molecule is CC(=O)c1c(O)c(C)c(O)c2c1OC1=CC(=O)/C(=C(/C)NCC(=O)NC3CCCCC3)C(=O)[C@]12C. The van der Waals surface area contributed by atoms with Gasteiger partial charge in [0.25, 0.3) is 0 Å². The second-order valence-corrected chi connectivity index (χ2v) is 9.64. The largest absolute Gasteiger partial charge is 0.507 e. The van der Waals surface area contributed by atoms with Crippen molar-refractivity contribution in [3.05, 3.63) is 39.8 Å². The van der Waals surface area contributed by atoms with E-state index >= 15 is 0 Å². The predicted octanol–water partition coefficient (Wildman–Crippen LogP) is 2.61. The Morgan fingerprint density at radius 1 is 1.11 bits per heavy atom. The Morgan fingerprint density at radius 3 is 2.40 bits per heavy atom. The van der Waals surface area contributed by atoms with Crippen LogP contribution in [-0.2, 0) is 19.8 Å². The van der Waals surface area contributed by atoms with Crippen LogP contribution < -0.4 is 15.4 Å². The van der Waals surface area contributed by atoms with E-state index in [1.807, 2.05) is 0 Å². The molecule has 2 aliphatic carbocycles. The zero-order chi connectivity index (χ0) is 25.7. The van der Waals surface area contributed by atoms with Crippen molar-refractivity contribution >= 4 is 23.3 Å². The van der Waals surface area contributed by atoms with Gasteiger partial charge in [0.05, 0.1) is 17.7 Å². The van der Waals surface area contributed by atoms with Gasteiger partial charge in [0.15, 0.2) is 17.3 Å². The number of hydrogen-bond acceptors (Lipinski definition) is 8. The number of hydrogen-bond donors (Lipinski definition) is 4. The van der Waals surface area contributed by atoms with Crippen LogP contribution >= 0.6 is 0 Å². The first-order valence-corrected chi connectivity index (χ1v) is 11.8. The van der Waals surface area contributed by atoms with Crippen molar-refractivity contribution in [2.45, 2.75) is 71.3 Å². The zero-order valence-electron chi connectivity index (χ0n) is 20.3. The summed E-state index contributed by atoms with van der Waals surface area (Å²) in [6.07, 6.45) is 6.36. The number of allylic oxidation sites excluding steroid dienone is 4. The normalized spacial score (nSPS) is 23.1. The Labute approximate surface area is 203 Å². The van der Waals surface area contributed by atoms with Crippen molar-refractivity contribution in [1.29, 1.82) is 0 Å².